The largest absolute Gasteiger partial charge is 0.198 e. The molecule has 14 heavy (non-hydrogen) atoms. The molecule has 0 atom stereocenters. The van der Waals surface area contributed by atoms with E-state index in [0.717, 1.165) is 19.3 Å². The number of nitrogens with zero attached hydrogens (tertiary/aromatic N) is 1. The molecule has 1 aromatic carbocycles. The molecule has 0 fully saturated rings. The van der Waals surface area contributed by atoms with Crippen LogP contribution in [0, 0.1) is 16.7 Å². The molecule has 1 heteroatoms. The predicted octanol–water partition coefficient (Wildman–Crippen LogP) is 3.56. The van der Waals surface area contributed by atoms with Crippen LogP contribution in [-0.2, 0) is 6.42 Å². The van der Waals surface area contributed by atoms with E-state index in [1.54, 1.807) is 0 Å². The van der Waals surface area contributed by atoms with Crippen LogP contribution >= 0.6 is 0 Å². The Morgan fingerprint density at radius 1 is 1.21 bits per heavy atom. The predicted molar refractivity (Wildman–Crippen MR) is 58.8 cm³/mol. The minimum absolute atomic E-state index is 0.172. The number of hydrogen-bond donors (Lipinski definition) is 0. The maximum absolute atomic E-state index is 8.84. The Morgan fingerprint density at radius 3 is 2.43 bits per heavy atom. The number of rotatable bonds is 4. The highest BCUT2D eigenvalue weighted by Crippen LogP contribution is 2.21. The molecule has 0 aliphatic heterocycles. The van der Waals surface area contributed by atoms with Crippen molar-refractivity contribution in [1.29, 1.82) is 5.26 Å². The maximum Gasteiger partial charge on any atom is 0.0683 e. The number of hydrogen-bond acceptors (Lipinski definition) is 1. The summed E-state index contributed by atoms with van der Waals surface area (Å²) in [5.41, 5.74) is 1.19. The normalized spacial score (nSPS) is 10.9. The highest BCUT2D eigenvalue weighted by molar-refractivity contribution is 5.14. The van der Waals surface area contributed by atoms with Gasteiger partial charge < -0.3 is 0 Å². The molecule has 1 aromatic rings. The molecule has 0 aliphatic carbocycles. The molecule has 0 heterocycles. The van der Waals surface area contributed by atoms with Crippen molar-refractivity contribution in [1.82, 2.24) is 0 Å². The van der Waals surface area contributed by atoms with Crippen LogP contribution < -0.4 is 0 Å². The molecule has 74 valence electrons. The summed E-state index contributed by atoms with van der Waals surface area (Å²) in [5.74, 6) is 0. The van der Waals surface area contributed by atoms with Crippen LogP contribution in [0.3, 0.4) is 0 Å². The van der Waals surface area contributed by atoms with Gasteiger partial charge in [0, 0.05) is 0 Å². The zero-order valence-electron chi connectivity index (χ0n) is 8.96. The lowest BCUT2D eigenvalue weighted by molar-refractivity contribution is 0.435. The fraction of sp³-hybridized carbons (Fsp3) is 0.462. The molecule has 0 saturated heterocycles. The maximum atomic E-state index is 8.84. The lowest BCUT2D eigenvalue weighted by Crippen LogP contribution is -2.07. The Morgan fingerprint density at radius 2 is 1.86 bits per heavy atom. The summed E-state index contributed by atoms with van der Waals surface area (Å²) >= 11 is 0. The van der Waals surface area contributed by atoms with Crippen LogP contribution in [0.15, 0.2) is 30.3 Å². The van der Waals surface area contributed by atoms with Crippen molar-refractivity contribution >= 4 is 0 Å². The van der Waals surface area contributed by atoms with E-state index in [9.17, 15) is 0 Å². The Labute approximate surface area is 86.4 Å². The summed E-state index contributed by atoms with van der Waals surface area (Å²) in [6.07, 6.45) is 3.13. The number of benzene rings is 1. The molecule has 0 unspecified atom stereocenters. The lowest BCUT2D eigenvalue weighted by atomic mass is 9.88. The average molecular weight is 187 g/mol. The molecule has 1 nitrogen and oxygen atoms in total. The molecule has 0 radical (unpaired) electrons. The quantitative estimate of drug-likeness (QED) is 0.707. The molecule has 0 saturated carbocycles. The standard InChI is InChI=1S/C13H17N/c1-13(2,11-14)10-6-9-12-7-4-3-5-8-12/h3-5,7-8H,6,9-10H2,1-2H3. The summed E-state index contributed by atoms with van der Waals surface area (Å²) in [6, 6.07) is 12.8. The summed E-state index contributed by atoms with van der Waals surface area (Å²) in [5, 5.41) is 8.84. The first kappa shape index (κ1) is 10.8. The third-order valence-electron chi connectivity index (χ3n) is 2.41. The zero-order chi connectivity index (χ0) is 10.4. The van der Waals surface area contributed by atoms with Crippen molar-refractivity contribution in [3.8, 4) is 6.07 Å². The van der Waals surface area contributed by atoms with Gasteiger partial charge in [0.05, 0.1) is 11.5 Å². The lowest BCUT2D eigenvalue weighted by Gasteiger charge is -2.14. The van der Waals surface area contributed by atoms with Crippen molar-refractivity contribution in [2.75, 3.05) is 0 Å². The van der Waals surface area contributed by atoms with Crippen LogP contribution in [-0.4, -0.2) is 0 Å². The smallest absolute Gasteiger partial charge is 0.0683 e. The fourth-order valence-electron chi connectivity index (χ4n) is 1.44. The van der Waals surface area contributed by atoms with E-state index in [0.29, 0.717) is 0 Å². The number of aryl methyl sites for hydroxylation is 1. The molecule has 0 N–H and O–H groups in total. The van der Waals surface area contributed by atoms with E-state index in [-0.39, 0.29) is 5.41 Å². The van der Waals surface area contributed by atoms with Crippen molar-refractivity contribution in [2.45, 2.75) is 33.1 Å². The average Bonchev–Trinajstić information content (AvgIpc) is 2.19. The van der Waals surface area contributed by atoms with Crippen LogP contribution in [0.1, 0.15) is 32.3 Å². The summed E-state index contributed by atoms with van der Waals surface area (Å²) in [6.45, 7) is 4.00. The molecule has 0 bridgehead atoms. The molecule has 0 aliphatic rings. The van der Waals surface area contributed by atoms with E-state index < -0.39 is 0 Å². The second-order valence-electron chi connectivity index (χ2n) is 4.33. The third-order valence-corrected chi connectivity index (χ3v) is 2.41. The van der Waals surface area contributed by atoms with Crippen LogP contribution in [0.5, 0.6) is 0 Å². The number of nitriles is 1. The van der Waals surface area contributed by atoms with Crippen LogP contribution in [0.2, 0.25) is 0 Å². The summed E-state index contributed by atoms with van der Waals surface area (Å²) in [4.78, 5) is 0. The van der Waals surface area contributed by atoms with Gasteiger partial charge in [0.1, 0.15) is 0 Å². The van der Waals surface area contributed by atoms with Gasteiger partial charge in [0.15, 0.2) is 0 Å². The Bertz CT molecular complexity index is 306. The molecule has 0 aromatic heterocycles. The monoisotopic (exact) mass is 187 g/mol. The van der Waals surface area contributed by atoms with E-state index in [1.807, 2.05) is 19.9 Å². The van der Waals surface area contributed by atoms with E-state index in [2.05, 4.69) is 30.3 Å². The second-order valence-corrected chi connectivity index (χ2v) is 4.33. The fourth-order valence-corrected chi connectivity index (χ4v) is 1.44. The molecule has 0 amide bonds. The van der Waals surface area contributed by atoms with Gasteiger partial charge in [-0.1, -0.05) is 30.3 Å². The van der Waals surface area contributed by atoms with Gasteiger partial charge in [-0.05, 0) is 38.7 Å². The Kier molecular flexibility index (Phi) is 3.71. The molecule has 1 rings (SSSR count). The minimum Gasteiger partial charge on any atom is -0.198 e. The first-order valence-corrected chi connectivity index (χ1v) is 5.09. The van der Waals surface area contributed by atoms with Gasteiger partial charge in [-0.3, -0.25) is 0 Å². The van der Waals surface area contributed by atoms with Crippen molar-refractivity contribution < 1.29 is 0 Å². The Hall–Kier alpha value is -1.29. The van der Waals surface area contributed by atoms with Gasteiger partial charge in [-0.25, -0.2) is 0 Å². The van der Waals surface area contributed by atoms with Crippen molar-refractivity contribution in [2.24, 2.45) is 5.41 Å². The van der Waals surface area contributed by atoms with Gasteiger partial charge in [-0.2, -0.15) is 5.26 Å². The zero-order valence-corrected chi connectivity index (χ0v) is 8.96. The topological polar surface area (TPSA) is 23.8 Å². The second kappa shape index (κ2) is 4.81. The highest BCUT2D eigenvalue weighted by atomic mass is 14.3. The first-order valence-electron chi connectivity index (χ1n) is 5.09. The summed E-state index contributed by atoms with van der Waals surface area (Å²) < 4.78 is 0. The van der Waals surface area contributed by atoms with Gasteiger partial charge in [-0.15, -0.1) is 0 Å². The van der Waals surface area contributed by atoms with Crippen molar-refractivity contribution in [3.05, 3.63) is 35.9 Å². The molecule has 0 spiro atoms. The SMILES string of the molecule is CC(C)(C#N)CCCc1ccccc1. The van der Waals surface area contributed by atoms with Gasteiger partial charge in [0.2, 0.25) is 0 Å². The van der Waals surface area contributed by atoms with E-state index >= 15 is 0 Å². The van der Waals surface area contributed by atoms with E-state index in [4.69, 9.17) is 5.26 Å². The highest BCUT2D eigenvalue weighted by Gasteiger charge is 2.15. The van der Waals surface area contributed by atoms with Crippen molar-refractivity contribution in [3.63, 3.8) is 0 Å². The van der Waals surface area contributed by atoms with Crippen LogP contribution in [0.25, 0.3) is 0 Å². The Balaban J connectivity index is 2.34. The van der Waals surface area contributed by atoms with Crippen LogP contribution in [0.4, 0.5) is 0 Å². The van der Waals surface area contributed by atoms with Gasteiger partial charge >= 0.3 is 0 Å². The first-order chi connectivity index (χ1) is 6.64. The minimum atomic E-state index is -0.172. The molecular formula is C13H17N. The third kappa shape index (κ3) is 3.62. The van der Waals surface area contributed by atoms with E-state index in [1.165, 1.54) is 5.56 Å². The van der Waals surface area contributed by atoms with Gasteiger partial charge in [0.25, 0.3) is 0 Å². The summed E-state index contributed by atoms with van der Waals surface area (Å²) in [7, 11) is 0. The molecular weight excluding hydrogens is 170 g/mol.